The van der Waals surface area contributed by atoms with Gasteiger partial charge in [-0.3, -0.25) is 9.59 Å². The van der Waals surface area contributed by atoms with Crippen molar-refractivity contribution in [1.29, 1.82) is 0 Å². The van der Waals surface area contributed by atoms with Crippen LogP contribution in [0.15, 0.2) is 30.5 Å². The minimum atomic E-state index is -0.472. The molecule has 0 saturated heterocycles. The van der Waals surface area contributed by atoms with Crippen molar-refractivity contribution >= 4 is 29.3 Å². The lowest BCUT2D eigenvalue weighted by molar-refractivity contribution is -0.118. The van der Waals surface area contributed by atoms with Crippen LogP contribution in [0, 0.1) is 0 Å². The molecule has 0 radical (unpaired) electrons. The molecular formula is C18H24N6O2. The van der Waals surface area contributed by atoms with E-state index in [4.69, 9.17) is 5.73 Å². The number of anilines is 3. The molecule has 1 aromatic carbocycles. The number of aromatic nitrogens is 2. The van der Waals surface area contributed by atoms with E-state index in [1.165, 1.54) is 6.92 Å². The SMILES string of the molecule is CC(=O)NCCNc1nc(Nc2ccc(C(N)=O)cc2)ncc1C(C)C. The summed E-state index contributed by atoms with van der Waals surface area (Å²) in [5, 5.41) is 9.07. The Labute approximate surface area is 152 Å². The summed E-state index contributed by atoms with van der Waals surface area (Å²) in [4.78, 5) is 30.9. The molecule has 2 rings (SSSR count). The van der Waals surface area contributed by atoms with E-state index in [1.54, 1.807) is 30.5 Å². The van der Waals surface area contributed by atoms with Gasteiger partial charge in [0.15, 0.2) is 0 Å². The summed E-state index contributed by atoms with van der Waals surface area (Å²) < 4.78 is 0. The Bertz CT molecular complexity index is 774. The normalized spacial score (nSPS) is 10.5. The molecule has 26 heavy (non-hydrogen) atoms. The molecule has 138 valence electrons. The molecule has 8 nitrogen and oxygen atoms in total. The number of rotatable bonds is 8. The molecule has 0 fully saturated rings. The third-order valence-corrected chi connectivity index (χ3v) is 3.66. The van der Waals surface area contributed by atoms with Crippen molar-refractivity contribution in [1.82, 2.24) is 15.3 Å². The van der Waals surface area contributed by atoms with E-state index in [9.17, 15) is 9.59 Å². The summed E-state index contributed by atoms with van der Waals surface area (Å²) in [6, 6.07) is 6.76. The zero-order valence-electron chi connectivity index (χ0n) is 15.2. The van der Waals surface area contributed by atoms with E-state index in [-0.39, 0.29) is 11.8 Å². The molecule has 1 aromatic heterocycles. The molecule has 2 aromatic rings. The van der Waals surface area contributed by atoms with Crippen molar-refractivity contribution in [3.63, 3.8) is 0 Å². The predicted molar refractivity (Wildman–Crippen MR) is 102 cm³/mol. The molecule has 0 aliphatic rings. The van der Waals surface area contributed by atoms with E-state index >= 15 is 0 Å². The average Bonchev–Trinajstić information content (AvgIpc) is 2.59. The van der Waals surface area contributed by atoms with Crippen LogP contribution in [0.1, 0.15) is 42.6 Å². The quantitative estimate of drug-likeness (QED) is 0.537. The summed E-state index contributed by atoms with van der Waals surface area (Å²) in [5.41, 5.74) is 7.41. The van der Waals surface area contributed by atoms with Crippen LogP contribution in [0.5, 0.6) is 0 Å². The van der Waals surface area contributed by atoms with Crippen LogP contribution in [0.3, 0.4) is 0 Å². The van der Waals surface area contributed by atoms with Gasteiger partial charge in [-0.25, -0.2) is 4.98 Å². The molecule has 8 heteroatoms. The summed E-state index contributed by atoms with van der Waals surface area (Å²) in [7, 11) is 0. The fraction of sp³-hybridized carbons (Fsp3) is 0.333. The topological polar surface area (TPSA) is 122 Å². The highest BCUT2D eigenvalue weighted by Gasteiger charge is 2.11. The van der Waals surface area contributed by atoms with Crippen molar-refractivity contribution in [2.24, 2.45) is 5.73 Å². The predicted octanol–water partition coefficient (Wildman–Crippen LogP) is 1.99. The zero-order chi connectivity index (χ0) is 19.1. The molecule has 2 amide bonds. The number of nitrogens with zero attached hydrogens (tertiary/aromatic N) is 2. The van der Waals surface area contributed by atoms with Gasteiger partial charge in [0.25, 0.3) is 0 Å². The number of amides is 2. The lowest BCUT2D eigenvalue weighted by Gasteiger charge is -2.15. The van der Waals surface area contributed by atoms with E-state index in [0.717, 1.165) is 17.1 Å². The van der Waals surface area contributed by atoms with Crippen molar-refractivity contribution in [3.05, 3.63) is 41.6 Å². The first-order valence-electron chi connectivity index (χ1n) is 8.39. The highest BCUT2D eigenvalue weighted by Crippen LogP contribution is 2.23. The van der Waals surface area contributed by atoms with Crippen molar-refractivity contribution in [2.75, 3.05) is 23.7 Å². The second kappa shape index (κ2) is 8.80. The first-order valence-corrected chi connectivity index (χ1v) is 8.39. The van der Waals surface area contributed by atoms with Gasteiger partial charge in [-0.15, -0.1) is 0 Å². The molecule has 0 spiro atoms. The maximum absolute atomic E-state index is 11.1. The Kier molecular flexibility index (Phi) is 6.48. The van der Waals surface area contributed by atoms with E-state index in [2.05, 4.69) is 39.8 Å². The van der Waals surface area contributed by atoms with Gasteiger partial charge in [0.1, 0.15) is 5.82 Å². The molecule has 0 bridgehead atoms. The Balaban J connectivity index is 2.12. The van der Waals surface area contributed by atoms with Crippen LogP contribution in [0.4, 0.5) is 17.5 Å². The summed E-state index contributed by atoms with van der Waals surface area (Å²) in [6.07, 6.45) is 1.78. The maximum atomic E-state index is 11.1. The first kappa shape index (κ1) is 19.2. The Morgan fingerprint density at radius 3 is 2.42 bits per heavy atom. The number of hydrogen-bond donors (Lipinski definition) is 4. The fourth-order valence-electron chi connectivity index (χ4n) is 2.28. The van der Waals surface area contributed by atoms with Crippen molar-refractivity contribution in [3.8, 4) is 0 Å². The van der Waals surface area contributed by atoms with Crippen LogP contribution in [-0.2, 0) is 4.79 Å². The number of carbonyl (C=O) groups is 2. The van der Waals surface area contributed by atoms with Gasteiger partial charge < -0.3 is 21.7 Å². The smallest absolute Gasteiger partial charge is 0.248 e. The second-order valence-electron chi connectivity index (χ2n) is 6.13. The molecular weight excluding hydrogens is 332 g/mol. The highest BCUT2D eigenvalue weighted by molar-refractivity contribution is 5.93. The molecule has 0 unspecified atom stereocenters. The van der Waals surface area contributed by atoms with E-state index in [1.807, 2.05) is 0 Å². The van der Waals surface area contributed by atoms with Gasteiger partial charge >= 0.3 is 0 Å². The zero-order valence-corrected chi connectivity index (χ0v) is 15.2. The first-order chi connectivity index (χ1) is 12.4. The molecule has 5 N–H and O–H groups in total. The minimum absolute atomic E-state index is 0.0691. The Morgan fingerprint density at radius 2 is 1.85 bits per heavy atom. The van der Waals surface area contributed by atoms with Gasteiger partial charge in [0.2, 0.25) is 17.8 Å². The third kappa shape index (κ3) is 5.44. The number of nitrogens with two attached hydrogens (primary N) is 1. The van der Waals surface area contributed by atoms with Crippen LogP contribution in [0.25, 0.3) is 0 Å². The average molecular weight is 356 g/mol. The second-order valence-corrected chi connectivity index (χ2v) is 6.13. The number of benzene rings is 1. The lowest BCUT2D eigenvalue weighted by atomic mass is 10.1. The molecule has 1 heterocycles. The molecule has 0 saturated carbocycles. The molecule has 0 atom stereocenters. The maximum Gasteiger partial charge on any atom is 0.248 e. The number of carbonyl (C=O) groups excluding carboxylic acids is 2. The Hall–Kier alpha value is -3.16. The summed E-state index contributed by atoms with van der Waals surface area (Å²) in [6.45, 7) is 6.67. The van der Waals surface area contributed by atoms with Gasteiger partial charge in [-0.05, 0) is 30.2 Å². The summed E-state index contributed by atoms with van der Waals surface area (Å²) in [5.74, 6) is 0.863. The molecule has 0 aliphatic carbocycles. The number of hydrogen-bond acceptors (Lipinski definition) is 6. The van der Waals surface area contributed by atoms with Gasteiger partial charge in [0.05, 0.1) is 0 Å². The standard InChI is InChI=1S/C18H24N6O2/c1-11(2)15-10-22-18(24-17(15)21-9-8-20-12(3)25)23-14-6-4-13(5-7-14)16(19)26/h4-7,10-11H,8-9H2,1-3H3,(H2,19,26)(H,20,25)(H2,21,22,23,24). The fourth-order valence-corrected chi connectivity index (χ4v) is 2.28. The van der Waals surface area contributed by atoms with Gasteiger partial charge in [-0.2, -0.15) is 4.98 Å². The third-order valence-electron chi connectivity index (χ3n) is 3.66. The van der Waals surface area contributed by atoms with Crippen LogP contribution in [-0.4, -0.2) is 34.9 Å². The number of primary amides is 1. The van der Waals surface area contributed by atoms with Crippen LogP contribution >= 0.6 is 0 Å². The van der Waals surface area contributed by atoms with Gasteiger partial charge in [-0.1, -0.05) is 13.8 Å². The lowest BCUT2D eigenvalue weighted by Crippen LogP contribution is -2.26. The monoisotopic (exact) mass is 356 g/mol. The number of nitrogens with one attached hydrogen (secondary N) is 3. The minimum Gasteiger partial charge on any atom is -0.368 e. The highest BCUT2D eigenvalue weighted by atomic mass is 16.1. The van der Waals surface area contributed by atoms with E-state index in [0.29, 0.717) is 24.6 Å². The van der Waals surface area contributed by atoms with Crippen LogP contribution in [0.2, 0.25) is 0 Å². The largest absolute Gasteiger partial charge is 0.368 e. The van der Waals surface area contributed by atoms with Crippen molar-refractivity contribution in [2.45, 2.75) is 26.7 Å². The van der Waals surface area contributed by atoms with Crippen LogP contribution < -0.4 is 21.7 Å². The molecule has 0 aliphatic heterocycles. The van der Waals surface area contributed by atoms with Crippen molar-refractivity contribution < 1.29 is 9.59 Å². The van der Waals surface area contributed by atoms with Gasteiger partial charge in [0, 0.05) is 43.0 Å². The summed E-state index contributed by atoms with van der Waals surface area (Å²) >= 11 is 0. The van der Waals surface area contributed by atoms with E-state index < -0.39 is 5.91 Å². The Morgan fingerprint density at radius 1 is 1.15 bits per heavy atom.